The van der Waals surface area contributed by atoms with Gasteiger partial charge in [0, 0.05) is 12.8 Å². The van der Waals surface area contributed by atoms with E-state index < -0.39 is 0 Å². The number of hydrogen-bond acceptors (Lipinski definition) is 1. The fourth-order valence-electron chi connectivity index (χ4n) is 1.54. The summed E-state index contributed by atoms with van der Waals surface area (Å²) in [6.07, 6.45) is 6.50. The number of rotatable bonds is 0. The first-order valence-corrected chi connectivity index (χ1v) is 4.52. The molecule has 1 heteroatoms. The maximum atomic E-state index is 11.2. The van der Waals surface area contributed by atoms with Gasteiger partial charge in [0.2, 0.25) is 0 Å². The second kappa shape index (κ2) is 4.24. The van der Waals surface area contributed by atoms with Crippen LogP contribution in [0.25, 0.3) is 0 Å². The minimum Gasteiger partial charge on any atom is -0.299 e. The number of ketones is 1. The lowest BCUT2D eigenvalue weighted by molar-refractivity contribution is -0.118. The Hall–Kier alpha value is -0.850. The number of Topliss-reactive ketones (excluding diaryl/α,β-unsaturated/α-hetero) is 1. The van der Waals surface area contributed by atoms with Gasteiger partial charge in [-0.1, -0.05) is 23.8 Å². The van der Waals surface area contributed by atoms with Crippen molar-refractivity contribution in [3.8, 4) is 0 Å². The monoisotopic (exact) mass is 164 g/mol. The standard InChI is InChI=1S/C11H16O/c1-9-5-3-4-6-11(12)8-10(2)7-9/h5H,2-4,6-8H2,1H3/b9-5-. The Morgan fingerprint density at radius 3 is 2.92 bits per heavy atom. The van der Waals surface area contributed by atoms with E-state index in [0.29, 0.717) is 12.2 Å². The molecule has 0 saturated heterocycles. The first-order valence-electron chi connectivity index (χ1n) is 4.52. The van der Waals surface area contributed by atoms with Crippen LogP contribution >= 0.6 is 0 Å². The third-order valence-corrected chi connectivity index (χ3v) is 2.13. The van der Waals surface area contributed by atoms with Crippen molar-refractivity contribution in [2.45, 2.75) is 39.0 Å². The van der Waals surface area contributed by atoms with Crippen LogP contribution in [0, 0.1) is 0 Å². The SMILES string of the molecule is C=C1CC(=O)CCC/C=C(/C)C1. The van der Waals surface area contributed by atoms with Crippen molar-refractivity contribution in [2.75, 3.05) is 0 Å². The van der Waals surface area contributed by atoms with E-state index in [1.165, 1.54) is 5.57 Å². The van der Waals surface area contributed by atoms with E-state index in [0.717, 1.165) is 31.3 Å². The third kappa shape index (κ3) is 3.04. The summed E-state index contributed by atoms with van der Waals surface area (Å²) in [6, 6.07) is 0. The van der Waals surface area contributed by atoms with Gasteiger partial charge in [0.25, 0.3) is 0 Å². The molecule has 0 aromatic rings. The molecule has 0 aromatic heterocycles. The molecule has 0 aromatic carbocycles. The van der Waals surface area contributed by atoms with Crippen molar-refractivity contribution >= 4 is 5.78 Å². The Morgan fingerprint density at radius 2 is 2.17 bits per heavy atom. The fraction of sp³-hybridized carbons (Fsp3) is 0.545. The van der Waals surface area contributed by atoms with E-state index in [4.69, 9.17) is 0 Å². The molecule has 1 nitrogen and oxygen atoms in total. The molecule has 0 atom stereocenters. The van der Waals surface area contributed by atoms with Crippen LogP contribution in [0.4, 0.5) is 0 Å². The molecule has 1 aliphatic rings. The first kappa shape index (κ1) is 9.24. The van der Waals surface area contributed by atoms with E-state index in [2.05, 4.69) is 19.6 Å². The molecule has 66 valence electrons. The van der Waals surface area contributed by atoms with Gasteiger partial charge in [-0.25, -0.2) is 0 Å². The summed E-state index contributed by atoms with van der Waals surface area (Å²) in [5.41, 5.74) is 2.42. The third-order valence-electron chi connectivity index (χ3n) is 2.13. The van der Waals surface area contributed by atoms with Crippen LogP contribution in [0.2, 0.25) is 0 Å². The Bertz CT molecular complexity index is 223. The molecule has 0 amide bonds. The van der Waals surface area contributed by atoms with Gasteiger partial charge in [-0.15, -0.1) is 0 Å². The lowest BCUT2D eigenvalue weighted by Gasteiger charge is -2.02. The highest BCUT2D eigenvalue weighted by molar-refractivity contribution is 5.80. The van der Waals surface area contributed by atoms with Gasteiger partial charge in [-0.2, -0.15) is 0 Å². The molecule has 12 heavy (non-hydrogen) atoms. The largest absolute Gasteiger partial charge is 0.299 e. The van der Waals surface area contributed by atoms with Crippen LogP contribution in [0.5, 0.6) is 0 Å². The normalized spacial score (nSPS) is 25.2. The van der Waals surface area contributed by atoms with Gasteiger partial charge in [-0.3, -0.25) is 4.79 Å². The van der Waals surface area contributed by atoms with Gasteiger partial charge in [0.15, 0.2) is 0 Å². The Balaban J connectivity index is 2.60. The molecule has 0 aliphatic heterocycles. The van der Waals surface area contributed by atoms with Crippen molar-refractivity contribution in [2.24, 2.45) is 0 Å². The van der Waals surface area contributed by atoms with Crippen molar-refractivity contribution < 1.29 is 4.79 Å². The highest BCUT2D eigenvalue weighted by Gasteiger charge is 2.06. The summed E-state index contributed by atoms with van der Waals surface area (Å²) in [6.45, 7) is 6.01. The highest BCUT2D eigenvalue weighted by atomic mass is 16.1. The average molecular weight is 164 g/mol. The average Bonchev–Trinajstić information content (AvgIpc) is 2.01. The van der Waals surface area contributed by atoms with Gasteiger partial charge < -0.3 is 0 Å². The summed E-state index contributed by atoms with van der Waals surface area (Å²) in [4.78, 5) is 11.2. The molecule has 0 radical (unpaired) electrons. The lowest BCUT2D eigenvalue weighted by Crippen LogP contribution is -1.97. The minimum absolute atomic E-state index is 0.350. The van der Waals surface area contributed by atoms with E-state index in [1.807, 2.05) is 0 Å². The molecule has 0 fully saturated rings. The molecule has 1 rings (SSSR count). The van der Waals surface area contributed by atoms with E-state index >= 15 is 0 Å². The molecule has 0 N–H and O–H groups in total. The fourth-order valence-corrected chi connectivity index (χ4v) is 1.54. The molecule has 0 unspecified atom stereocenters. The van der Waals surface area contributed by atoms with Gasteiger partial charge >= 0.3 is 0 Å². The van der Waals surface area contributed by atoms with Crippen molar-refractivity contribution in [3.63, 3.8) is 0 Å². The van der Waals surface area contributed by atoms with Crippen molar-refractivity contribution in [1.82, 2.24) is 0 Å². The second-order valence-corrected chi connectivity index (χ2v) is 3.58. The topological polar surface area (TPSA) is 17.1 Å². The van der Waals surface area contributed by atoms with Crippen LogP contribution in [0.3, 0.4) is 0 Å². The van der Waals surface area contributed by atoms with Crippen LogP contribution < -0.4 is 0 Å². The van der Waals surface area contributed by atoms with Crippen LogP contribution in [0.15, 0.2) is 23.8 Å². The minimum atomic E-state index is 0.350. The van der Waals surface area contributed by atoms with Crippen LogP contribution in [-0.2, 0) is 4.79 Å². The second-order valence-electron chi connectivity index (χ2n) is 3.58. The van der Waals surface area contributed by atoms with E-state index in [-0.39, 0.29) is 0 Å². The summed E-state index contributed by atoms with van der Waals surface area (Å²) in [5, 5.41) is 0. The van der Waals surface area contributed by atoms with E-state index in [9.17, 15) is 4.79 Å². The smallest absolute Gasteiger partial charge is 0.136 e. The molecule has 0 heterocycles. The van der Waals surface area contributed by atoms with Crippen molar-refractivity contribution in [1.29, 1.82) is 0 Å². The predicted octanol–water partition coefficient (Wildman–Crippen LogP) is 3.02. The summed E-state index contributed by atoms with van der Waals surface area (Å²) in [7, 11) is 0. The zero-order valence-corrected chi connectivity index (χ0v) is 7.73. The summed E-state index contributed by atoms with van der Waals surface area (Å²) >= 11 is 0. The molecule has 0 bridgehead atoms. The van der Waals surface area contributed by atoms with Gasteiger partial charge in [0.05, 0.1) is 0 Å². The maximum absolute atomic E-state index is 11.2. The number of carbonyl (C=O) groups is 1. The Labute approximate surface area is 74.2 Å². The predicted molar refractivity (Wildman–Crippen MR) is 51.0 cm³/mol. The molecule has 0 saturated carbocycles. The molecular weight excluding hydrogens is 148 g/mol. The van der Waals surface area contributed by atoms with Crippen molar-refractivity contribution in [3.05, 3.63) is 23.8 Å². The number of hydrogen-bond donors (Lipinski definition) is 0. The lowest BCUT2D eigenvalue weighted by atomic mass is 10.0. The quantitative estimate of drug-likeness (QED) is 0.503. The van der Waals surface area contributed by atoms with Gasteiger partial charge in [0.1, 0.15) is 5.78 Å². The maximum Gasteiger partial charge on any atom is 0.136 e. The Morgan fingerprint density at radius 1 is 1.42 bits per heavy atom. The van der Waals surface area contributed by atoms with Crippen LogP contribution in [0.1, 0.15) is 39.0 Å². The zero-order chi connectivity index (χ0) is 8.97. The summed E-state index contributed by atoms with van der Waals surface area (Å²) in [5.74, 6) is 0.350. The zero-order valence-electron chi connectivity index (χ0n) is 7.73. The number of carbonyl (C=O) groups excluding carboxylic acids is 1. The molecule has 0 spiro atoms. The van der Waals surface area contributed by atoms with Gasteiger partial charge in [-0.05, 0) is 26.2 Å². The Kier molecular flexibility index (Phi) is 3.27. The number of allylic oxidation sites excluding steroid dienone is 3. The van der Waals surface area contributed by atoms with Crippen LogP contribution in [-0.4, -0.2) is 5.78 Å². The van der Waals surface area contributed by atoms with E-state index in [1.54, 1.807) is 0 Å². The summed E-state index contributed by atoms with van der Waals surface area (Å²) < 4.78 is 0. The molecule has 1 aliphatic carbocycles. The molecular formula is C11H16O. The first-order chi connectivity index (χ1) is 5.68. The highest BCUT2D eigenvalue weighted by Crippen LogP contribution is 2.17.